The van der Waals surface area contributed by atoms with Gasteiger partial charge < -0.3 is 19.4 Å². The molecule has 9 nitrogen and oxygen atoms in total. The highest BCUT2D eigenvalue weighted by Crippen LogP contribution is 2.45. The number of carbonyl (C=O) groups excluding carboxylic acids is 1. The van der Waals surface area contributed by atoms with Crippen LogP contribution in [0.3, 0.4) is 0 Å². The van der Waals surface area contributed by atoms with Crippen LogP contribution >= 0.6 is 10.6 Å². The van der Waals surface area contributed by atoms with Gasteiger partial charge in [-0.25, -0.2) is 9.37 Å². The minimum absolute atomic E-state index is 0.0664. The number of nitrogens with one attached hydrogen (secondary N) is 1. The number of nitrogens with zero attached hydrogens (tertiary/aromatic N) is 3. The quantitative estimate of drug-likeness (QED) is 0.275. The molecule has 0 spiro atoms. The van der Waals surface area contributed by atoms with Crippen molar-refractivity contribution < 1.29 is 27.4 Å². The summed E-state index contributed by atoms with van der Waals surface area (Å²) in [6.07, 6.45) is 4.77. The Morgan fingerprint density at radius 3 is 2.34 bits per heavy atom. The van der Waals surface area contributed by atoms with E-state index in [-0.39, 0.29) is 29.5 Å². The van der Waals surface area contributed by atoms with Gasteiger partial charge in [0.05, 0.1) is 17.6 Å². The first-order valence-corrected chi connectivity index (χ1v) is 17.3. The normalized spacial score (nSPS) is 23.8. The van der Waals surface area contributed by atoms with Crippen molar-refractivity contribution in [3.05, 3.63) is 60.1 Å². The third-order valence-corrected chi connectivity index (χ3v) is 10.9. The molecular formula is C33H39FN4O5S. The van der Waals surface area contributed by atoms with Gasteiger partial charge in [0.2, 0.25) is 11.8 Å². The number of benzene rings is 2. The first-order valence-electron chi connectivity index (χ1n) is 15.4. The Morgan fingerprint density at radius 2 is 1.66 bits per heavy atom. The largest absolute Gasteiger partial charge is 0.440 e. The van der Waals surface area contributed by atoms with Gasteiger partial charge in [0.15, 0.2) is 0 Å². The standard InChI is InChI=1S/C33H39FN4O5S/c34-25-9-5-24(6-10-25)33-37-30(23-7-11-26(12-8-23)38-15-19-44(40,41)20-16-38)31(43-33)27-3-1-2-4-28(27)32(39)36-29(21-35)22-13-17-42-18-14-22/h5-12,22,27-29,40-41H,1-4,13-20H2,(H,36,39)/t27-,28-,29-/m1/s1. The van der Waals surface area contributed by atoms with Crippen LogP contribution in [-0.2, 0) is 9.53 Å². The number of nitriles is 1. The predicted octanol–water partition coefficient (Wildman–Crippen LogP) is 6.43. The summed E-state index contributed by atoms with van der Waals surface area (Å²) in [6, 6.07) is 15.7. The number of ether oxygens (including phenoxy) is 1. The fourth-order valence-electron chi connectivity index (χ4n) is 6.64. The summed E-state index contributed by atoms with van der Waals surface area (Å²) in [7, 11) is -2.49. The molecule has 3 aromatic rings. The molecule has 1 saturated carbocycles. The van der Waals surface area contributed by atoms with Gasteiger partial charge >= 0.3 is 0 Å². The highest BCUT2D eigenvalue weighted by atomic mass is 32.3. The molecule has 0 radical (unpaired) electrons. The SMILES string of the molecule is N#C[C@@H](NC(=O)[C@@H]1CCCC[C@H]1c1oc(-c2ccc(F)cc2)nc1-c1ccc(N2CCS(O)(O)CC2)cc1)C1CCOCC1. The van der Waals surface area contributed by atoms with E-state index in [0.29, 0.717) is 67.1 Å². The molecule has 3 atom stereocenters. The van der Waals surface area contributed by atoms with Crippen LogP contribution in [0.15, 0.2) is 52.9 Å². The lowest BCUT2D eigenvalue weighted by atomic mass is 9.76. The fraction of sp³-hybridized carbons (Fsp3) is 0.485. The Balaban J connectivity index is 1.30. The molecule has 2 aromatic carbocycles. The van der Waals surface area contributed by atoms with Crippen molar-refractivity contribution >= 4 is 22.2 Å². The van der Waals surface area contributed by atoms with E-state index < -0.39 is 16.6 Å². The van der Waals surface area contributed by atoms with Crippen LogP contribution in [0.5, 0.6) is 0 Å². The predicted molar refractivity (Wildman–Crippen MR) is 168 cm³/mol. The van der Waals surface area contributed by atoms with E-state index in [9.17, 15) is 23.6 Å². The molecule has 234 valence electrons. The van der Waals surface area contributed by atoms with Crippen LogP contribution < -0.4 is 10.2 Å². The van der Waals surface area contributed by atoms with Gasteiger partial charge in [-0.05, 0) is 68.0 Å². The third-order valence-electron chi connectivity index (χ3n) is 9.24. The molecule has 1 aliphatic carbocycles. The second-order valence-electron chi connectivity index (χ2n) is 12.0. The molecule has 1 amide bonds. The Kier molecular flexibility index (Phi) is 9.23. The van der Waals surface area contributed by atoms with Gasteiger partial charge in [-0.1, -0.05) is 25.0 Å². The third kappa shape index (κ3) is 6.79. The zero-order valence-electron chi connectivity index (χ0n) is 24.7. The van der Waals surface area contributed by atoms with Gasteiger partial charge in [0.1, 0.15) is 23.3 Å². The zero-order chi connectivity index (χ0) is 30.7. The maximum atomic E-state index is 13.8. The van der Waals surface area contributed by atoms with E-state index in [1.807, 2.05) is 24.3 Å². The molecule has 3 fully saturated rings. The van der Waals surface area contributed by atoms with Crippen molar-refractivity contribution in [2.24, 2.45) is 11.8 Å². The molecule has 44 heavy (non-hydrogen) atoms. The Labute approximate surface area is 258 Å². The fourth-order valence-corrected chi connectivity index (χ4v) is 7.87. The summed E-state index contributed by atoms with van der Waals surface area (Å²) in [4.78, 5) is 20.8. The lowest BCUT2D eigenvalue weighted by Crippen LogP contribution is -2.45. The molecule has 0 unspecified atom stereocenters. The highest BCUT2D eigenvalue weighted by Gasteiger charge is 2.38. The lowest BCUT2D eigenvalue weighted by Gasteiger charge is -2.41. The molecule has 2 saturated heterocycles. The number of anilines is 1. The Hall–Kier alpha value is -3.43. The minimum atomic E-state index is -2.49. The van der Waals surface area contributed by atoms with E-state index in [4.69, 9.17) is 14.1 Å². The number of amides is 1. The molecular weight excluding hydrogens is 583 g/mol. The van der Waals surface area contributed by atoms with Crippen LogP contribution in [-0.4, -0.2) is 63.8 Å². The molecule has 3 N–H and O–H groups in total. The number of halogens is 1. The molecule has 11 heteroatoms. The smallest absolute Gasteiger partial charge is 0.226 e. The zero-order valence-corrected chi connectivity index (χ0v) is 25.5. The molecule has 3 aliphatic rings. The number of oxazole rings is 1. The average Bonchev–Trinajstić information content (AvgIpc) is 3.50. The number of hydrogen-bond acceptors (Lipinski definition) is 8. The second kappa shape index (κ2) is 13.3. The van der Waals surface area contributed by atoms with E-state index in [0.717, 1.165) is 43.4 Å². The molecule has 1 aromatic heterocycles. The first kappa shape index (κ1) is 30.6. The van der Waals surface area contributed by atoms with Crippen LogP contribution in [0.4, 0.5) is 10.1 Å². The first-order chi connectivity index (χ1) is 21.3. The van der Waals surface area contributed by atoms with E-state index >= 15 is 0 Å². The monoisotopic (exact) mass is 622 g/mol. The highest BCUT2D eigenvalue weighted by molar-refractivity contribution is 8.24. The average molecular weight is 623 g/mol. The number of carbonyl (C=O) groups is 1. The van der Waals surface area contributed by atoms with Crippen LogP contribution in [0.1, 0.15) is 50.2 Å². The van der Waals surface area contributed by atoms with Gasteiger partial charge in [-0.15, -0.1) is 0 Å². The van der Waals surface area contributed by atoms with Crippen molar-refractivity contribution in [1.82, 2.24) is 10.3 Å². The van der Waals surface area contributed by atoms with Crippen LogP contribution in [0, 0.1) is 29.0 Å². The number of rotatable bonds is 7. The lowest BCUT2D eigenvalue weighted by molar-refractivity contribution is -0.127. The molecule has 2 aliphatic heterocycles. The van der Waals surface area contributed by atoms with Gasteiger partial charge in [0, 0.05) is 55.0 Å². The van der Waals surface area contributed by atoms with E-state index in [1.54, 1.807) is 12.1 Å². The molecule has 3 heterocycles. The maximum Gasteiger partial charge on any atom is 0.226 e. The number of aromatic nitrogens is 1. The Morgan fingerprint density at radius 1 is 1.00 bits per heavy atom. The van der Waals surface area contributed by atoms with E-state index in [2.05, 4.69) is 16.3 Å². The topological polar surface area (TPSA) is 132 Å². The van der Waals surface area contributed by atoms with Gasteiger partial charge in [-0.3, -0.25) is 13.9 Å². The van der Waals surface area contributed by atoms with Gasteiger partial charge in [0.25, 0.3) is 0 Å². The van der Waals surface area contributed by atoms with E-state index in [1.165, 1.54) is 12.1 Å². The second-order valence-corrected chi connectivity index (χ2v) is 14.5. The number of hydrogen-bond donors (Lipinski definition) is 3. The summed E-state index contributed by atoms with van der Waals surface area (Å²) in [5.74, 6) is 0.675. The van der Waals surface area contributed by atoms with Crippen LogP contribution in [0.25, 0.3) is 22.7 Å². The van der Waals surface area contributed by atoms with Gasteiger partial charge in [-0.2, -0.15) is 15.9 Å². The summed E-state index contributed by atoms with van der Waals surface area (Å²) >= 11 is 0. The molecule has 6 rings (SSSR count). The van der Waals surface area contributed by atoms with Crippen molar-refractivity contribution in [3.8, 4) is 28.8 Å². The molecule has 0 bridgehead atoms. The Bertz CT molecular complexity index is 1470. The van der Waals surface area contributed by atoms with Crippen LogP contribution in [0.2, 0.25) is 0 Å². The maximum absolute atomic E-state index is 13.8. The van der Waals surface area contributed by atoms with Crippen molar-refractivity contribution in [2.75, 3.05) is 42.7 Å². The summed E-state index contributed by atoms with van der Waals surface area (Å²) in [6.45, 7) is 2.34. The minimum Gasteiger partial charge on any atom is -0.440 e. The van der Waals surface area contributed by atoms with Crippen molar-refractivity contribution in [2.45, 2.75) is 50.5 Å². The van der Waals surface area contributed by atoms with Crippen molar-refractivity contribution in [1.29, 1.82) is 5.26 Å². The summed E-state index contributed by atoms with van der Waals surface area (Å²) in [5, 5.41) is 13.0. The van der Waals surface area contributed by atoms with Crippen molar-refractivity contribution in [3.63, 3.8) is 0 Å². The summed E-state index contributed by atoms with van der Waals surface area (Å²) < 4.78 is 45.7. The summed E-state index contributed by atoms with van der Waals surface area (Å²) in [5.41, 5.74) is 3.11.